The summed E-state index contributed by atoms with van der Waals surface area (Å²) in [4.78, 5) is 39.7. The van der Waals surface area contributed by atoms with Crippen LogP contribution in [0.1, 0.15) is 37.0 Å². The zero-order valence-electron chi connectivity index (χ0n) is 23.1. The fraction of sp³-hybridized carbons (Fsp3) is 0.258. The molecule has 214 valence electrons. The predicted octanol–water partition coefficient (Wildman–Crippen LogP) is 5.78. The Morgan fingerprint density at radius 2 is 1.66 bits per heavy atom. The summed E-state index contributed by atoms with van der Waals surface area (Å²) in [6, 6.07) is 17.1. The molecule has 0 radical (unpaired) electrons. The van der Waals surface area contributed by atoms with Crippen molar-refractivity contribution in [2.75, 3.05) is 20.3 Å². The second kappa shape index (κ2) is 13.7. The van der Waals surface area contributed by atoms with E-state index in [1.165, 1.54) is 13.2 Å². The molecule has 1 heterocycles. The van der Waals surface area contributed by atoms with Crippen molar-refractivity contribution in [1.29, 1.82) is 0 Å². The summed E-state index contributed by atoms with van der Waals surface area (Å²) in [7, 11) is 1.51. The molecule has 0 unspecified atom stereocenters. The van der Waals surface area contributed by atoms with Crippen LogP contribution in [0.25, 0.3) is 6.08 Å². The quantitative estimate of drug-likeness (QED) is 0.215. The maximum absolute atomic E-state index is 13.4. The molecule has 3 aromatic rings. The average Bonchev–Trinajstić information content (AvgIpc) is 2.97. The zero-order valence-corrected chi connectivity index (χ0v) is 23.8. The topological polar surface area (TPSA) is 103 Å². The van der Waals surface area contributed by atoms with Gasteiger partial charge in [0.25, 0.3) is 11.8 Å². The number of barbiturate groups is 1. The summed E-state index contributed by atoms with van der Waals surface area (Å²) < 4.78 is 22.8. The summed E-state index contributed by atoms with van der Waals surface area (Å²) >= 11 is 6.55. The maximum Gasteiger partial charge on any atom is 0.331 e. The van der Waals surface area contributed by atoms with Gasteiger partial charge in [-0.15, -0.1) is 0 Å². The standard InChI is InChI=1S/C31H31ClN2O7/c1-4-13-40-25-12-11-21(16-26(25)38-3)18-34-30(36)23(29(35)33-31(34)37)14-22-15-24(32)28(27(17-22)39-5-2)41-19-20-9-7-6-8-10-20/h6-12,14-17H,4-5,13,18-19H2,1-3H3,(H,33,35,37)/b23-14+. The van der Waals surface area contributed by atoms with Crippen molar-refractivity contribution in [3.05, 3.63) is 87.9 Å². The number of rotatable bonds is 12. The molecule has 1 N–H and O–H groups in total. The first-order valence-corrected chi connectivity index (χ1v) is 13.5. The summed E-state index contributed by atoms with van der Waals surface area (Å²) in [5.41, 5.74) is 1.77. The van der Waals surface area contributed by atoms with Crippen molar-refractivity contribution in [2.45, 2.75) is 33.4 Å². The molecule has 10 heteroatoms. The predicted molar refractivity (Wildman–Crippen MR) is 154 cm³/mol. The van der Waals surface area contributed by atoms with Crippen LogP contribution in [0.2, 0.25) is 5.02 Å². The fourth-order valence-corrected chi connectivity index (χ4v) is 4.41. The Kier molecular flexibility index (Phi) is 9.86. The molecular weight excluding hydrogens is 548 g/mol. The first-order chi connectivity index (χ1) is 19.8. The number of carbonyl (C=O) groups is 3. The molecule has 0 aromatic heterocycles. The van der Waals surface area contributed by atoms with Crippen molar-refractivity contribution in [3.8, 4) is 23.0 Å². The van der Waals surface area contributed by atoms with Crippen molar-refractivity contribution in [2.24, 2.45) is 0 Å². The molecule has 41 heavy (non-hydrogen) atoms. The number of nitrogens with one attached hydrogen (secondary N) is 1. The lowest BCUT2D eigenvalue weighted by atomic mass is 10.1. The minimum absolute atomic E-state index is 0.0864. The molecule has 1 aliphatic rings. The van der Waals surface area contributed by atoms with E-state index in [4.69, 9.17) is 30.5 Å². The number of hydrogen-bond donors (Lipinski definition) is 1. The summed E-state index contributed by atoms with van der Waals surface area (Å²) in [6.07, 6.45) is 2.20. The second-order valence-corrected chi connectivity index (χ2v) is 9.49. The molecule has 0 aliphatic carbocycles. The molecule has 4 amide bonds. The molecule has 0 bridgehead atoms. The number of hydrogen-bond acceptors (Lipinski definition) is 7. The van der Waals surface area contributed by atoms with Crippen molar-refractivity contribution >= 4 is 35.5 Å². The van der Waals surface area contributed by atoms with Gasteiger partial charge in [-0.3, -0.25) is 19.8 Å². The summed E-state index contributed by atoms with van der Waals surface area (Å²) in [6.45, 7) is 4.86. The van der Waals surface area contributed by atoms with Crippen LogP contribution >= 0.6 is 11.6 Å². The van der Waals surface area contributed by atoms with Gasteiger partial charge in [0, 0.05) is 0 Å². The van der Waals surface area contributed by atoms with Gasteiger partial charge in [-0.05, 0) is 60.4 Å². The first kappa shape index (κ1) is 29.5. The number of nitrogens with zero attached hydrogens (tertiary/aromatic N) is 1. The molecule has 0 atom stereocenters. The van der Waals surface area contributed by atoms with E-state index < -0.39 is 17.8 Å². The smallest absolute Gasteiger partial charge is 0.331 e. The van der Waals surface area contributed by atoms with E-state index in [2.05, 4.69) is 5.32 Å². The molecule has 4 rings (SSSR count). The molecule has 1 fully saturated rings. The number of methoxy groups -OCH3 is 1. The van der Waals surface area contributed by atoms with Gasteiger partial charge >= 0.3 is 6.03 Å². The minimum atomic E-state index is -0.819. The molecule has 0 spiro atoms. The number of benzene rings is 3. The third kappa shape index (κ3) is 7.18. The Bertz CT molecular complexity index is 1460. The van der Waals surface area contributed by atoms with Crippen LogP contribution in [0, 0.1) is 0 Å². The highest BCUT2D eigenvalue weighted by Crippen LogP contribution is 2.38. The lowest BCUT2D eigenvalue weighted by Crippen LogP contribution is -2.53. The van der Waals surface area contributed by atoms with Gasteiger partial charge < -0.3 is 18.9 Å². The van der Waals surface area contributed by atoms with Crippen LogP contribution in [0.15, 0.2) is 66.2 Å². The largest absolute Gasteiger partial charge is 0.493 e. The normalized spacial score (nSPS) is 14.2. The van der Waals surface area contributed by atoms with Crippen molar-refractivity contribution < 1.29 is 33.3 Å². The van der Waals surface area contributed by atoms with E-state index in [1.807, 2.05) is 44.2 Å². The van der Waals surface area contributed by atoms with E-state index >= 15 is 0 Å². The third-order valence-electron chi connectivity index (χ3n) is 6.08. The number of amides is 4. The van der Waals surface area contributed by atoms with Gasteiger partial charge in [0.2, 0.25) is 0 Å². The van der Waals surface area contributed by atoms with Gasteiger partial charge in [0.05, 0.1) is 31.9 Å². The number of halogens is 1. The monoisotopic (exact) mass is 578 g/mol. The number of carbonyl (C=O) groups excluding carboxylic acids is 3. The highest BCUT2D eigenvalue weighted by molar-refractivity contribution is 6.33. The van der Waals surface area contributed by atoms with E-state index in [0.717, 1.165) is 16.9 Å². The molecule has 9 nitrogen and oxygen atoms in total. The van der Waals surface area contributed by atoms with Gasteiger partial charge in [-0.25, -0.2) is 4.79 Å². The van der Waals surface area contributed by atoms with Crippen molar-refractivity contribution in [3.63, 3.8) is 0 Å². The van der Waals surface area contributed by atoms with Gasteiger partial charge in [-0.2, -0.15) is 0 Å². The second-order valence-electron chi connectivity index (χ2n) is 9.08. The van der Waals surface area contributed by atoms with Crippen LogP contribution in [0.5, 0.6) is 23.0 Å². The van der Waals surface area contributed by atoms with E-state index in [1.54, 1.807) is 30.3 Å². The maximum atomic E-state index is 13.4. The molecule has 1 aliphatic heterocycles. The van der Waals surface area contributed by atoms with Gasteiger partial charge in [0.1, 0.15) is 12.2 Å². The van der Waals surface area contributed by atoms with E-state index in [0.29, 0.717) is 47.3 Å². The summed E-state index contributed by atoms with van der Waals surface area (Å²) in [5.74, 6) is 0.174. The lowest BCUT2D eigenvalue weighted by molar-refractivity contribution is -0.130. The number of ether oxygens (including phenoxy) is 4. The minimum Gasteiger partial charge on any atom is -0.493 e. The Morgan fingerprint density at radius 3 is 2.37 bits per heavy atom. The third-order valence-corrected chi connectivity index (χ3v) is 6.37. The Labute approximate surface area is 243 Å². The van der Waals surface area contributed by atoms with Crippen LogP contribution in [-0.4, -0.2) is 43.1 Å². The first-order valence-electron chi connectivity index (χ1n) is 13.2. The number of imide groups is 2. The zero-order chi connectivity index (χ0) is 29.4. The van der Waals surface area contributed by atoms with Crippen LogP contribution in [0.3, 0.4) is 0 Å². The summed E-state index contributed by atoms with van der Waals surface area (Å²) in [5, 5.41) is 2.48. The molecule has 0 saturated carbocycles. The highest BCUT2D eigenvalue weighted by Gasteiger charge is 2.36. The lowest BCUT2D eigenvalue weighted by Gasteiger charge is -2.26. The van der Waals surface area contributed by atoms with Gasteiger partial charge in [0.15, 0.2) is 23.0 Å². The van der Waals surface area contributed by atoms with Crippen LogP contribution in [0.4, 0.5) is 4.79 Å². The SMILES string of the molecule is CCCOc1ccc(CN2C(=O)NC(=O)/C(=C\c3cc(Cl)c(OCc4ccccc4)c(OCC)c3)C2=O)cc1OC. The van der Waals surface area contributed by atoms with Crippen LogP contribution < -0.4 is 24.3 Å². The number of urea groups is 1. The molecular formula is C31H31ClN2O7. The highest BCUT2D eigenvalue weighted by atomic mass is 35.5. The molecule has 1 saturated heterocycles. The average molecular weight is 579 g/mol. The Morgan fingerprint density at radius 1 is 0.878 bits per heavy atom. The Balaban J connectivity index is 1.59. The van der Waals surface area contributed by atoms with E-state index in [-0.39, 0.29) is 23.7 Å². The Hall–Kier alpha value is -4.50. The van der Waals surface area contributed by atoms with Crippen LogP contribution in [-0.2, 0) is 22.7 Å². The fourth-order valence-electron chi connectivity index (χ4n) is 4.13. The molecule has 3 aromatic carbocycles. The van der Waals surface area contributed by atoms with Gasteiger partial charge in [-0.1, -0.05) is 54.9 Å². The van der Waals surface area contributed by atoms with Crippen molar-refractivity contribution in [1.82, 2.24) is 10.2 Å². The van der Waals surface area contributed by atoms with E-state index in [9.17, 15) is 14.4 Å².